The number of benzene rings is 2. The molecule has 0 spiro atoms. The number of fused-ring (bicyclic) bond motifs is 1. The topological polar surface area (TPSA) is 84.5 Å². The van der Waals surface area contributed by atoms with Gasteiger partial charge in [-0.2, -0.15) is 10.1 Å². The summed E-state index contributed by atoms with van der Waals surface area (Å²) >= 11 is 6.05. The summed E-state index contributed by atoms with van der Waals surface area (Å²) < 4.78 is 7.48. The molecule has 0 unspecified atom stereocenters. The summed E-state index contributed by atoms with van der Waals surface area (Å²) in [6, 6.07) is 12.6. The molecule has 0 aliphatic carbocycles. The molecule has 1 aliphatic rings. The van der Waals surface area contributed by atoms with Crippen LogP contribution in [0.25, 0.3) is 16.8 Å². The molecule has 5 rings (SSSR count). The molecule has 1 fully saturated rings. The number of hydrogen-bond acceptors (Lipinski definition) is 5. The summed E-state index contributed by atoms with van der Waals surface area (Å²) in [4.78, 5) is 34.4. The highest BCUT2D eigenvalue weighted by Gasteiger charge is 2.33. The molecule has 0 saturated carbocycles. The maximum Gasteiger partial charge on any atom is 0.305 e. The second kappa shape index (κ2) is 8.37. The fraction of sp³-hybridized carbons (Fsp3) is 0.250. The fourth-order valence-corrected chi connectivity index (χ4v) is 4.29. The molecule has 0 radical (unpaired) electrons. The number of oxazole rings is 1. The van der Waals surface area contributed by atoms with Crippen molar-refractivity contribution in [2.24, 2.45) is 0 Å². The minimum absolute atomic E-state index is 0.143. The average molecular weight is 464 g/mol. The lowest BCUT2D eigenvalue weighted by atomic mass is 10.1. The Morgan fingerprint density at radius 2 is 2.03 bits per heavy atom. The molecule has 2 aromatic heterocycles. The van der Waals surface area contributed by atoms with E-state index in [4.69, 9.17) is 16.0 Å². The summed E-state index contributed by atoms with van der Waals surface area (Å²) in [6.45, 7) is 4.45. The van der Waals surface area contributed by atoms with E-state index in [9.17, 15) is 9.59 Å². The third-order valence-electron chi connectivity index (χ3n) is 5.83. The van der Waals surface area contributed by atoms with Gasteiger partial charge in [0, 0.05) is 43.0 Å². The van der Waals surface area contributed by atoms with Crippen LogP contribution in [-0.2, 0) is 4.79 Å². The van der Waals surface area contributed by atoms with Crippen molar-refractivity contribution in [1.29, 1.82) is 0 Å². The van der Waals surface area contributed by atoms with Gasteiger partial charge in [0.1, 0.15) is 5.52 Å². The van der Waals surface area contributed by atoms with Crippen molar-refractivity contribution < 1.29 is 14.0 Å². The largest absolute Gasteiger partial charge is 0.423 e. The molecule has 9 heteroatoms. The Morgan fingerprint density at radius 1 is 1.18 bits per heavy atom. The maximum absolute atomic E-state index is 13.7. The van der Waals surface area contributed by atoms with E-state index in [1.54, 1.807) is 40.2 Å². The van der Waals surface area contributed by atoms with Crippen molar-refractivity contribution in [2.75, 3.05) is 18.0 Å². The molecule has 1 aliphatic heterocycles. The Kier molecular flexibility index (Phi) is 5.38. The van der Waals surface area contributed by atoms with Gasteiger partial charge < -0.3 is 9.32 Å². The quantitative estimate of drug-likeness (QED) is 0.453. The van der Waals surface area contributed by atoms with Crippen LogP contribution >= 0.6 is 11.6 Å². The molecular weight excluding hydrogens is 442 g/mol. The van der Waals surface area contributed by atoms with Crippen LogP contribution in [0.5, 0.6) is 0 Å². The van der Waals surface area contributed by atoms with Gasteiger partial charge in [-0.3, -0.25) is 14.5 Å². The van der Waals surface area contributed by atoms with Crippen molar-refractivity contribution in [2.45, 2.75) is 26.3 Å². The van der Waals surface area contributed by atoms with Crippen molar-refractivity contribution >= 4 is 40.5 Å². The van der Waals surface area contributed by atoms with Crippen LogP contribution in [0.3, 0.4) is 0 Å². The predicted molar refractivity (Wildman–Crippen MR) is 125 cm³/mol. The van der Waals surface area contributed by atoms with Gasteiger partial charge in [0.05, 0.1) is 11.3 Å². The Balaban J connectivity index is 1.45. The Hall–Kier alpha value is -3.65. The number of nitrogens with zero attached hydrogens (tertiary/aromatic N) is 5. The second-order valence-corrected chi connectivity index (χ2v) is 8.61. The minimum atomic E-state index is -0.292. The number of aromatic nitrogens is 3. The highest BCUT2D eigenvalue weighted by atomic mass is 35.5. The Morgan fingerprint density at radius 3 is 2.82 bits per heavy atom. The van der Waals surface area contributed by atoms with Crippen molar-refractivity contribution in [3.8, 4) is 5.69 Å². The number of halogens is 1. The lowest BCUT2D eigenvalue weighted by Crippen LogP contribution is -2.40. The molecule has 2 amide bonds. The summed E-state index contributed by atoms with van der Waals surface area (Å²) in [6.07, 6.45) is 3.64. The van der Waals surface area contributed by atoms with Crippen LogP contribution in [0.2, 0.25) is 5.02 Å². The van der Waals surface area contributed by atoms with Crippen LogP contribution in [0.4, 0.5) is 6.01 Å². The van der Waals surface area contributed by atoms with E-state index in [-0.39, 0.29) is 36.8 Å². The zero-order valence-electron chi connectivity index (χ0n) is 18.2. The smallest absolute Gasteiger partial charge is 0.305 e. The lowest BCUT2D eigenvalue weighted by molar-refractivity contribution is -0.119. The van der Waals surface area contributed by atoms with Gasteiger partial charge in [-0.05, 0) is 50.2 Å². The number of carbonyl (C=O) groups excluding carboxylic acids is 2. The van der Waals surface area contributed by atoms with Gasteiger partial charge in [-0.1, -0.05) is 23.2 Å². The zero-order chi connectivity index (χ0) is 23.1. The third-order valence-corrected chi connectivity index (χ3v) is 6.07. The van der Waals surface area contributed by atoms with E-state index in [1.165, 1.54) is 4.90 Å². The third kappa shape index (κ3) is 3.98. The highest BCUT2D eigenvalue weighted by molar-refractivity contribution is 6.31. The molecule has 8 nitrogen and oxygen atoms in total. The highest BCUT2D eigenvalue weighted by Crippen LogP contribution is 2.27. The number of carbonyl (C=O) groups is 2. The standard InChI is InChI=1S/C24H22ClN5O3/c1-15-4-6-20(30-9-3-8-26-30)18(12-15)23(32)28-10-11-29(22(31)13-16(28)2)24-27-19-14-17(25)5-7-21(19)33-24/h3-9,12,14,16H,10-11,13H2,1-2H3/t16-/m1/s1. The number of hydrogen-bond donors (Lipinski definition) is 0. The number of aryl methyl sites for hydroxylation is 1. The first kappa shape index (κ1) is 21.2. The molecule has 0 N–H and O–H groups in total. The van der Waals surface area contributed by atoms with Crippen molar-refractivity contribution in [3.05, 3.63) is 71.0 Å². The number of anilines is 1. The summed E-state index contributed by atoms with van der Waals surface area (Å²) in [5.74, 6) is -0.289. The van der Waals surface area contributed by atoms with E-state index in [0.29, 0.717) is 33.9 Å². The van der Waals surface area contributed by atoms with E-state index >= 15 is 0 Å². The summed E-state index contributed by atoms with van der Waals surface area (Å²) in [5.41, 5.74) is 3.35. The Bertz CT molecular complexity index is 1350. The molecule has 4 aromatic rings. The Labute approximate surface area is 195 Å². The summed E-state index contributed by atoms with van der Waals surface area (Å²) in [7, 11) is 0. The minimum Gasteiger partial charge on any atom is -0.423 e. The second-order valence-electron chi connectivity index (χ2n) is 8.18. The maximum atomic E-state index is 13.7. The number of rotatable bonds is 3. The monoisotopic (exact) mass is 463 g/mol. The van der Waals surface area contributed by atoms with Gasteiger partial charge in [-0.15, -0.1) is 0 Å². The first-order valence-electron chi connectivity index (χ1n) is 10.7. The van der Waals surface area contributed by atoms with Crippen LogP contribution < -0.4 is 4.90 Å². The van der Waals surface area contributed by atoms with Gasteiger partial charge in [0.25, 0.3) is 5.91 Å². The molecule has 1 atom stereocenters. The molecule has 0 bridgehead atoms. The molecular formula is C24H22ClN5O3. The molecule has 33 heavy (non-hydrogen) atoms. The molecule has 2 aromatic carbocycles. The predicted octanol–water partition coefficient (Wildman–Crippen LogP) is 4.24. The van der Waals surface area contributed by atoms with Crippen molar-refractivity contribution in [1.82, 2.24) is 19.7 Å². The van der Waals surface area contributed by atoms with Crippen LogP contribution in [0, 0.1) is 6.92 Å². The van der Waals surface area contributed by atoms with Crippen LogP contribution in [0.15, 0.2) is 59.3 Å². The van der Waals surface area contributed by atoms with Crippen molar-refractivity contribution in [3.63, 3.8) is 0 Å². The van der Waals surface area contributed by atoms with Crippen LogP contribution in [0.1, 0.15) is 29.3 Å². The molecule has 168 valence electrons. The normalized spacial score (nSPS) is 16.9. The fourth-order valence-electron chi connectivity index (χ4n) is 4.12. The van der Waals surface area contributed by atoms with Gasteiger partial charge >= 0.3 is 6.01 Å². The summed E-state index contributed by atoms with van der Waals surface area (Å²) in [5, 5.41) is 4.83. The molecule has 3 heterocycles. The lowest BCUT2D eigenvalue weighted by Gasteiger charge is -2.27. The molecule has 1 saturated heterocycles. The first-order valence-corrected chi connectivity index (χ1v) is 11.1. The zero-order valence-corrected chi connectivity index (χ0v) is 19.0. The number of amides is 2. The van der Waals surface area contributed by atoms with Gasteiger partial charge in [0.15, 0.2) is 5.58 Å². The van der Waals surface area contributed by atoms with Crippen LogP contribution in [-0.4, -0.2) is 50.6 Å². The SMILES string of the molecule is Cc1ccc(-n2cccn2)c(C(=O)N2CCN(c3nc4cc(Cl)ccc4o3)C(=O)C[C@H]2C)c1. The van der Waals surface area contributed by atoms with E-state index in [2.05, 4.69) is 10.1 Å². The average Bonchev–Trinajstić information content (AvgIpc) is 3.43. The van der Waals surface area contributed by atoms with E-state index in [1.807, 2.05) is 38.1 Å². The van der Waals surface area contributed by atoms with Gasteiger partial charge in [0.2, 0.25) is 5.91 Å². The van der Waals surface area contributed by atoms with E-state index in [0.717, 1.165) is 5.56 Å². The van der Waals surface area contributed by atoms with E-state index < -0.39 is 0 Å². The first-order chi connectivity index (χ1) is 15.9. The van der Waals surface area contributed by atoms with Gasteiger partial charge in [-0.25, -0.2) is 4.68 Å².